The highest BCUT2D eigenvalue weighted by Crippen LogP contribution is 2.34. The van der Waals surface area contributed by atoms with E-state index < -0.39 is 5.41 Å². The van der Waals surface area contributed by atoms with E-state index in [0.717, 1.165) is 0 Å². The van der Waals surface area contributed by atoms with Crippen LogP contribution in [0.5, 0.6) is 0 Å². The average Bonchev–Trinajstić information content (AvgIpc) is 2.43. The van der Waals surface area contributed by atoms with Gasteiger partial charge in [-0.05, 0) is 32.6 Å². The van der Waals surface area contributed by atoms with E-state index in [2.05, 4.69) is 19.0 Å². The number of nitrogens with two attached hydrogens (primary N) is 1. The van der Waals surface area contributed by atoms with E-state index in [1.54, 1.807) is 0 Å². The van der Waals surface area contributed by atoms with Crippen LogP contribution in [-0.4, -0.2) is 47.7 Å². The second kappa shape index (κ2) is 6.92. The third-order valence-electron chi connectivity index (χ3n) is 3.80. The lowest BCUT2D eigenvalue weighted by Crippen LogP contribution is -2.56. The summed E-state index contributed by atoms with van der Waals surface area (Å²) in [5.74, 6) is 0.311. The van der Waals surface area contributed by atoms with Gasteiger partial charge in [-0.25, -0.2) is 0 Å². The Bertz CT molecular complexity index is 361. The molecule has 1 heterocycles. The van der Waals surface area contributed by atoms with Gasteiger partial charge in [0.2, 0.25) is 5.91 Å². The Kier molecular flexibility index (Phi) is 5.80. The largest absolute Gasteiger partial charge is 0.409 e. The molecule has 20 heavy (non-hydrogen) atoms. The molecule has 1 rings (SSSR count). The predicted octanol–water partition coefficient (Wildman–Crippen LogP) is 1.42. The average molecular weight is 285 g/mol. The summed E-state index contributed by atoms with van der Waals surface area (Å²) in [6, 6.07) is 0.0797. The monoisotopic (exact) mass is 285 g/mol. The van der Waals surface area contributed by atoms with Crippen molar-refractivity contribution < 1.29 is 14.7 Å². The number of nitrogens with zero attached hydrogens (tertiary/aromatic N) is 2. The normalized spacial score (nSPS) is 19.4. The van der Waals surface area contributed by atoms with Crippen molar-refractivity contribution >= 4 is 11.7 Å². The highest BCUT2D eigenvalue weighted by molar-refractivity contribution is 6.06. The van der Waals surface area contributed by atoms with Gasteiger partial charge in [-0.3, -0.25) is 4.79 Å². The molecule has 0 aromatic carbocycles. The lowest BCUT2D eigenvalue weighted by Gasteiger charge is -2.40. The van der Waals surface area contributed by atoms with Crippen molar-refractivity contribution in [2.75, 3.05) is 19.8 Å². The van der Waals surface area contributed by atoms with Gasteiger partial charge in [-0.2, -0.15) is 0 Å². The minimum Gasteiger partial charge on any atom is -0.409 e. The van der Waals surface area contributed by atoms with Gasteiger partial charge >= 0.3 is 0 Å². The van der Waals surface area contributed by atoms with Crippen molar-refractivity contribution in [2.45, 2.75) is 46.6 Å². The summed E-state index contributed by atoms with van der Waals surface area (Å²) in [6.45, 7) is 9.69. The minimum atomic E-state index is -0.924. The lowest BCUT2D eigenvalue weighted by molar-refractivity contribution is -0.145. The minimum absolute atomic E-state index is 0.000191. The summed E-state index contributed by atoms with van der Waals surface area (Å²) in [4.78, 5) is 14.8. The molecule has 1 aliphatic rings. The predicted molar refractivity (Wildman–Crippen MR) is 77.6 cm³/mol. The van der Waals surface area contributed by atoms with Crippen molar-refractivity contribution in [3.05, 3.63) is 0 Å². The van der Waals surface area contributed by atoms with E-state index >= 15 is 0 Å². The van der Waals surface area contributed by atoms with Crippen LogP contribution >= 0.6 is 0 Å². The first kappa shape index (κ1) is 16.8. The smallest absolute Gasteiger partial charge is 0.236 e. The second-order valence-electron chi connectivity index (χ2n) is 6.12. The molecule has 0 unspecified atom stereocenters. The highest BCUT2D eigenvalue weighted by Gasteiger charge is 2.47. The van der Waals surface area contributed by atoms with Crippen LogP contribution in [0.25, 0.3) is 0 Å². The molecule has 3 N–H and O–H groups in total. The molecular formula is C14H27N3O3. The SMILES string of the molecule is CC(C)CN(C(=O)C1(C(N)=NO)CCOCC1)C(C)C. The fourth-order valence-corrected chi connectivity index (χ4v) is 2.59. The molecule has 1 amide bonds. The molecule has 0 spiro atoms. The molecule has 0 aliphatic carbocycles. The summed E-state index contributed by atoms with van der Waals surface area (Å²) in [7, 11) is 0. The van der Waals surface area contributed by atoms with Gasteiger partial charge in [-0.1, -0.05) is 19.0 Å². The van der Waals surface area contributed by atoms with Gasteiger partial charge in [0.1, 0.15) is 5.41 Å². The number of oxime groups is 1. The van der Waals surface area contributed by atoms with Crippen molar-refractivity contribution in [3.8, 4) is 0 Å². The molecule has 1 saturated heterocycles. The summed E-state index contributed by atoms with van der Waals surface area (Å²) in [5.41, 5.74) is 4.92. The third kappa shape index (κ3) is 3.42. The molecule has 0 saturated carbocycles. The molecule has 0 aromatic heterocycles. The first-order valence-corrected chi connectivity index (χ1v) is 7.22. The first-order valence-electron chi connectivity index (χ1n) is 7.22. The van der Waals surface area contributed by atoms with Crippen molar-refractivity contribution in [1.29, 1.82) is 0 Å². The number of hydrogen-bond donors (Lipinski definition) is 2. The van der Waals surface area contributed by atoms with Gasteiger partial charge in [0.05, 0.1) is 0 Å². The molecule has 116 valence electrons. The molecule has 6 heteroatoms. The fourth-order valence-electron chi connectivity index (χ4n) is 2.59. The molecule has 0 bridgehead atoms. The quantitative estimate of drug-likeness (QED) is 0.346. The zero-order valence-electron chi connectivity index (χ0n) is 12.9. The molecule has 0 aromatic rings. The van der Waals surface area contributed by atoms with Crippen LogP contribution in [0.4, 0.5) is 0 Å². The number of carbonyl (C=O) groups excluding carboxylic acids is 1. The van der Waals surface area contributed by atoms with Gasteiger partial charge in [0, 0.05) is 25.8 Å². The number of hydrogen-bond acceptors (Lipinski definition) is 4. The Labute approximate surface area is 120 Å². The summed E-state index contributed by atoms with van der Waals surface area (Å²) < 4.78 is 5.33. The maximum Gasteiger partial charge on any atom is 0.236 e. The van der Waals surface area contributed by atoms with E-state index in [0.29, 0.717) is 38.5 Å². The zero-order chi connectivity index (χ0) is 15.3. The standard InChI is InChI=1S/C14H27N3O3/c1-10(2)9-17(11(3)4)13(18)14(12(15)16-19)5-7-20-8-6-14/h10-11,19H,5-9H2,1-4H3,(H2,15,16). The van der Waals surface area contributed by atoms with Crippen LogP contribution in [0.3, 0.4) is 0 Å². The number of amides is 1. The van der Waals surface area contributed by atoms with Crippen LogP contribution in [0.1, 0.15) is 40.5 Å². The number of amidine groups is 1. The van der Waals surface area contributed by atoms with Gasteiger partial charge in [0.15, 0.2) is 5.84 Å². The molecule has 1 aliphatic heterocycles. The van der Waals surface area contributed by atoms with Crippen LogP contribution in [-0.2, 0) is 9.53 Å². The Balaban J connectivity index is 3.08. The third-order valence-corrected chi connectivity index (χ3v) is 3.80. The topological polar surface area (TPSA) is 88.2 Å². The van der Waals surface area contributed by atoms with Crippen LogP contribution in [0.2, 0.25) is 0 Å². The second-order valence-corrected chi connectivity index (χ2v) is 6.12. The van der Waals surface area contributed by atoms with Crippen LogP contribution in [0.15, 0.2) is 5.16 Å². The molecule has 0 radical (unpaired) electrons. The van der Waals surface area contributed by atoms with Crippen molar-refractivity contribution in [3.63, 3.8) is 0 Å². The van der Waals surface area contributed by atoms with Gasteiger partial charge < -0.3 is 20.6 Å². The fraction of sp³-hybridized carbons (Fsp3) is 0.857. The maximum absolute atomic E-state index is 13.0. The van der Waals surface area contributed by atoms with E-state index in [4.69, 9.17) is 15.7 Å². The summed E-state index contributed by atoms with van der Waals surface area (Å²) in [5, 5.41) is 12.2. The Hall–Kier alpha value is -1.30. The van der Waals surface area contributed by atoms with E-state index in [1.807, 2.05) is 18.7 Å². The zero-order valence-corrected chi connectivity index (χ0v) is 12.9. The van der Waals surface area contributed by atoms with Crippen molar-refractivity contribution in [1.82, 2.24) is 4.90 Å². The Morgan fingerprint density at radius 1 is 1.35 bits per heavy atom. The summed E-state index contributed by atoms with van der Waals surface area (Å²) in [6.07, 6.45) is 0.923. The number of rotatable bonds is 5. The van der Waals surface area contributed by atoms with Crippen LogP contribution < -0.4 is 5.73 Å². The molecule has 6 nitrogen and oxygen atoms in total. The first-order chi connectivity index (χ1) is 9.35. The van der Waals surface area contributed by atoms with Crippen molar-refractivity contribution in [2.24, 2.45) is 22.2 Å². The molecule has 0 atom stereocenters. The molecule has 1 fully saturated rings. The molecular weight excluding hydrogens is 258 g/mol. The highest BCUT2D eigenvalue weighted by atomic mass is 16.5. The number of carbonyl (C=O) groups is 1. The van der Waals surface area contributed by atoms with Gasteiger partial charge in [0.25, 0.3) is 0 Å². The Morgan fingerprint density at radius 3 is 2.30 bits per heavy atom. The summed E-state index contributed by atoms with van der Waals surface area (Å²) >= 11 is 0. The van der Waals surface area contributed by atoms with E-state index in [1.165, 1.54) is 0 Å². The van der Waals surface area contributed by atoms with E-state index in [9.17, 15) is 4.79 Å². The van der Waals surface area contributed by atoms with Gasteiger partial charge in [-0.15, -0.1) is 0 Å². The maximum atomic E-state index is 13.0. The number of ether oxygens (including phenoxy) is 1. The Morgan fingerprint density at radius 2 is 1.90 bits per heavy atom. The van der Waals surface area contributed by atoms with Crippen LogP contribution in [0, 0.1) is 11.3 Å². The lowest BCUT2D eigenvalue weighted by atomic mass is 9.77. The van der Waals surface area contributed by atoms with E-state index in [-0.39, 0.29) is 17.8 Å².